The maximum atomic E-state index is 10.7. The van der Waals surface area contributed by atoms with E-state index >= 15 is 0 Å². The summed E-state index contributed by atoms with van der Waals surface area (Å²) < 4.78 is 0. The second-order valence-electron chi connectivity index (χ2n) is 6.74. The number of nitrogens with zero attached hydrogens (tertiary/aromatic N) is 1. The molecule has 0 amide bonds. The second-order valence-corrected chi connectivity index (χ2v) is 7.89. The summed E-state index contributed by atoms with van der Waals surface area (Å²) >= 11 is 1.28. The van der Waals surface area contributed by atoms with Gasteiger partial charge in [0, 0.05) is 23.5 Å². The molecule has 1 fully saturated rings. The van der Waals surface area contributed by atoms with Gasteiger partial charge in [-0.3, -0.25) is 10.1 Å². The number of rotatable bonds is 4. The topological polar surface area (TPSA) is 55.2 Å². The molecular formula is C15H24N2O2S. The molecule has 0 aliphatic heterocycles. The lowest BCUT2D eigenvalue weighted by Crippen LogP contribution is -2.43. The molecule has 2 atom stereocenters. The molecule has 2 rings (SSSR count). The Kier molecular flexibility index (Phi) is 4.81. The second kappa shape index (κ2) is 6.22. The summed E-state index contributed by atoms with van der Waals surface area (Å²) in [6.45, 7) is 7.69. The lowest BCUT2D eigenvalue weighted by molar-refractivity contribution is -0.380. The van der Waals surface area contributed by atoms with Crippen LogP contribution in [0.3, 0.4) is 0 Å². The zero-order chi connectivity index (χ0) is 14.8. The Morgan fingerprint density at radius 3 is 2.65 bits per heavy atom. The van der Waals surface area contributed by atoms with Crippen LogP contribution in [0.2, 0.25) is 0 Å². The number of nitro groups is 1. The molecule has 1 saturated carbocycles. The van der Waals surface area contributed by atoms with Gasteiger partial charge >= 0.3 is 5.00 Å². The first-order valence-corrected chi connectivity index (χ1v) is 8.16. The molecule has 1 aromatic rings. The molecular weight excluding hydrogens is 272 g/mol. The van der Waals surface area contributed by atoms with Crippen molar-refractivity contribution >= 4 is 16.3 Å². The van der Waals surface area contributed by atoms with Crippen LogP contribution >= 0.6 is 11.3 Å². The Balaban J connectivity index is 1.95. The summed E-state index contributed by atoms with van der Waals surface area (Å²) in [5.41, 5.74) is 0.319. The molecule has 1 aliphatic carbocycles. The summed E-state index contributed by atoms with van der Waals surface area (Å²) in [7, 11) is 0. The quantitative estimate of drug-likeness (QED) is 0.664. The minimum Gasteiger partial charge on any atom is -0.309 e. The Morgan fingerprint density at radius 1 is 1.35 bits per heavy atom. The van der Waals surface area contributed by atoms with E-state index in [2.05, 4.69) is 26.1 Å². The predicted molar refractivity (Wildman–Crippen MR) is 83.0 cm³/mol. The maximum absolute atomic E-state index is 10.7. The van der Waals surface area contributed by atoms with E-state index in [1.807, 2.05) is 6.07 Å². The molecule has 0 bridgehead atoms. The summed E-state index contributed by atoms with van der Waals surface area (Å²) in [6.07, 6.45) is 5.11. The van der Waals surface area contributed by atoms with E-state index in [1.54, 1.807) is 6.07 Å². The van der Waals surface area contributed by atoms with E-state index in [-0.39, 0.29) is 9.92 Å². The minimum absolute atomic E-state index is 0.234. The van der Waals surface area contributed by atoms with Crippen molar-refractivity contribution in [3.8, 4) is 0 Å². The standard InChI is InChI=1S/C15H24N2O2S/c1-15(2,3)12-6-4-5-7-13(12)16-10-11-8-9-14(20-11)17(18)19/h8-9,12-13,16H,4-7,10H2,1-3H3. The van der Waals surface area contributed by atoms with Gasteiger partial charge in [0.05, 0.1) is 4.92 Å². The maximum Gasteiger partial charge on any atom is 0.324 e. The van der Waals surface area contributed by atoms with Crippen LogP contribution in [-0.4, -0.2) is 11.0 Å². The third kappa shape index (κ3) is 3.79. The summed E-state index contributed by atoms with van der Waals surface area (Å²) in [4.78, 5) is 11.4. The lowest BCUT2D eigenvalue weighted by Gasteiger charge is -2.41. The van der Waals surface area contributed by atoms with Crippen LogP contribution in [0.4, 0.5) is 5.00 Å². The minimum atomic E-state index is -0.313. The molecule has 5 heteroatoms. The van der Waals surface area contributed by atoms with Gasteiger partial charge < -0.3 is 5.32 Å². The number of thiophene rings is 1. The molecule has 0 spiro atoms. The Hall–Kier alpha value is -0.940. The molecule has 112 valence electrons. The SMILES string of the molecule is CC(C)(C)C1CCCCC1NCc1ccc([N+](=O)[O-])s1. The van der Waals surface area contributed by atoms with Crippen LogP contribution in [0.1, 0.15) is 51.3 Å². The van der Waals surface area contributed by atoms with Crippen molar-refractivity contribution in [2.75, 3.05) is 0 Å². The highest BCUT2D eigenvalue weighted by Crippen LogP contribution is 2.38. The highest BCUT2D eigenvalue weighted by Gasteiger charge is 2.33. The third-order valence-corrected chi connectivity index (χ3v) is 5.28. The fourth-order valence-corrected chi connectivity index (χ4v) is 3.97. The van der Waals surface area contributed by atoms with Gasteiger partial charge in [-0.25, -0.2) is 0 Å². The molecule has 20 heavy (non-hydrogen) atoms. The van der Waals surface area contributed by atoms with E-state index in [0.29, 0.717) is 17.4 Å². The highest BCUT2D eigenvalue weighted by molar-refractivity contribution is 7.15. The smallest absolute Gasteiger partial charge is 0.309 e. The van der Waals surface area contributed by atoms with Gasteiger partial charge in [0.1, 0.15) is 0 Å². The van der Waals surface area contributed by atoms with Crippen LogP contribution in [0, 0.1) is 21.4 Å². The summed E-state index contributed by atoms with van der Waals surface area (Å²) in [5.74, 6) is 0.686. The first kappa shape index (κ1) is 15.4. The molecule has 1 heterocycles. The van der Waals surface area contributed by atoms with Crippen LogP contribution in [0.25, 0.3) is 0 Å². The highest BCUT2D eigenvalue weighted by atomic mass is 32.1. The summed E-state index contributed by atoms with van der Waals surface area (Å²) in [6, 6.07) is 4.00. The zero-order valence-electron chi connectivity index (χ0n) is 12.5. The van der Waals surface area contributed by atoms with Gasteiger partial charge in [0.15, 0.2) is 0 Å². The largest absolute Gasteiger partial charge is 0.324 e. The number of hydrogen-bond acceptors (Lipinski definition) is 4. The molecule has 1 aromatic heterocycles. The zero-order valence-corrected chi connectivity index (χ0v) is 13.3. The van der Waals surface area contributed by atoms with Crippen molar-refractivity contribution in [1.82, 2.24) is 5.32 Å². The van der Waals surface area contributed by atoms with Gasteiger partial charge in [-0.1, -0.05) is 44.9 Å². The first-order valence-electron chi connectivity index (χ1n) is 7.34. The average Bonchev–Trinajstić information content (AvgIpc) is 2.84. The van der Waals surface area contributed by atoms with Crippen molar-refractivity contribution in [3.05, 3.63) is 27.1 Å². The molecule has 0 saturated heterocycles. The molecule has 2 unspecified atom stereocenters. The lowest BCUT2D eigenvalue weighted by atomic mass is 9.69. The van der Waals surface area contributed by atoms with Gasteiger partial charge in [-0.15, -0.1) is 0 Å². The van der Waals surface area contributed by atoms with E-state index in [0.717, 1.165) is 11.4 Å². The van der Waals surface area contributed by atoms with E-state index in [1.165, 1.54) is 37.0 Å². The molecule has 1 aliphatic rings. The van der Waals surface area contributed by atoms with Gasteiger partial charge in [-0.05, 0) is 30.2 Å². The number of nitrogens with one attached hydrogen (secondary N) is 1. The Labute approximate surface area is 124 Å². The van der Waals surface area contributed by atoms with Crippen LogP contribution in [0.5, 0.6) is 0 Å². The van der Waals surface area contributed by atoms with E-state index in [9.17, 15) is 10.1 Å². The molecule has 4 nitrogen and oxygen atoms in total. The fourth-order valence-electron chi connectivity index (χ4n) is 3.20. The van der Waals surface area contributed by atoms with Gasteiger partial charge in [0.25, 0.3) is 0 Å². The van der Waals surface area contributed by atoms with Crippen molar-refractivity contribution in [2.24, 2.45) is 11.3 Å². The molecule has 0 aromatic carbocycles. The predicted octanol–water partition coefficient (Wildman–Crippen LogP) is 4.35. The Morgan fingerprint density at radius 2 is 2.05 bits per heavy atom. The van der Waals surface area contributed by atoms with Crippen LogP contribution < -0.4 is 5.32 Å². The fraction of sp³-hybridized carbons (Fsp3) is 0.733. The number of hydrogen-bond donors (Lipinski definition) is 1. The van der Waals surface area contributed by atoms with Crippen LogP contribution in [0.15, 0.2) is 12.1 Å². The average molecular weight is 296 g/mol. The van der Waals surface area contributed by atoms with Crippen molar-refractivity contribution in [1.29, 1.82) is 0 Å². The van der Waals surface area contributed by atoms with E-state index in [4.69, 9.17) is 0 Å². The first-order chi connectivity index (χ1) is 9.38. The monoisotopic (exact) mass is 296 g/mol. The van der Waals surface area contributed by atoms with Gasteiger partial charge in [-0.2, -0.15) is 0 Å². The van der Waals surface area contributed by atoms with Crippen molar-refractivity contribution in [2.45, 2.75) is 59.0 Å². The van der Waals surface area contributed by atoms with Crippen molar-refractivity contribution < 1.29 is 4.92 Å². The third-order valence-electron chi connectivity index (χ3n) is 4.24. The van der Waals surface area contributed by atoms with Crippen molar-refractivity contribution in [3.63, 3.8) is 0 Å². The van der Waals surface area contributed by atoms with Crippen LogP contribution in [-0.2, 0) is 6.54 Å². The van der Waals surface area contributed by atoms with Gasteiger partial charge in [0.2, 0.25) is 0 Å². The molecule has 0 radical (unpaired) electrons. The normalized spacial score (nSPS) is 23.8. The summed E-state index contributed by atoms with van der Waals surface area (Å²) in [5, 5.41) is 14.6. The molecule has 1 N–H and O–H groups in total. The van der Waals surface area contributed by atoms with E-state index < -0.39 is 0 Å². The Bertz CT molecular complexity index is 465.